The maximum atomic E-state index is 5.61. The second-order valence-corrected chi connectivity index (χ2v) is 6.51. The number of aromatic nitrogens is 2. The molecule has 2 aromatic rings. The van der Waals surface area contributed by atoms with Gasteiger partial charge in [0.05, 0.1) is 11.3 Å². The molecule has 4 heteroatoms. The van der Waals surface area contributed by atoms with Crippen molar-refractivity contribution < 1.29 is 4.52 Å². The van der Waals surface area contributed by atoms with Crippen molar-refractivity contribution in [2.45, 2.75) is 37.0 Å². The molecule has 1 atom stereocenters. The lowest BCUT2D eigenvalue weighted by atomic mass is 9.64. The third-order valence-corrected chi connectivity index (χ3v) is 5.14. The highest BCUT2D eigenvalue weighted by atomic mass is 16.5. The van der Waals surface area contributed by atoms with Crippen LogP contribution in [0.5, 0.6) is 0 Å². The van der Waals surface area contributed by atoms with Crippen LogP contribution in [0, 0.1) is 0 Å². The minimum Gasteiger partial charge on any atom is -0.339 e. The molecule has 0 N–H and O–H groups in total. The predicted octanol–water partition coefficient (Wildman–Crippen LogP) is 2.96. The van der Waals surface area contributed by atoms with Gasteiger partial charge in [0.15, 0.2) is 5.82 Å². The highest BCUT2D eigenvalue weighted by Crippen LogP contribution is 2.48. The van der Waals surface area contributed by atoms with E-state index in [1.54, 1.807) is 0 Å². The maximum Gasteiger partial charge on any atom is 0.231 e. The summed E-state index contributed by atoms with van der Waals surface area (Å²) in [6.45, 7) is 2.15. The van der Waals surface area contributed by atoms with E-state index in [4.69, 9.17) is 9.51 Å². The minimum atomic E-state index is -0.00643. The smallest absolute Gasteiger partial charge is 0.231 e. The Morgan fingerprint density at radius 3 is 2.67 bits per heavy atom. The number of hydrogen-bond donors (Lipinski definition) is 0. The van der Waals surface area contributed by atoms with Crippen LogP contribution in [-0.4, -0.2) is 35.2 Å². The highest BCUT2D eigenvalue weighted by molar-refractivity contribution is 5.35. The molecule has 1 aromatic carbocycles. The van der Waals surface area contributed by atoms with E-state index in [1.165, 1.54) is 12.0 Å². The third kappa shape index (κ3) is 2.09. The lowest BCUT2D eigenvalue weighted by molar-refractivity contribution is 0.269. The maximum absolute atomic E-state index is 5.61. The van der Waals surface area contributed by atoms with E-state index in [2.05, 4.69) is 47.4 Å². The molecule has 0 bridgehead atoms. The van der Waals surface area contributed by atoms with Gasteiger partial charge < -0.3 is 9.42 Å². The van der Waals surface area contributed by atoms with Crippen LogP contribution in [0.25, 0.3) is 0 Å². The fourth-order valence-corrected chi connectivity index (χ4v) is 3.66. The molecule has 0 amide bonds. The van der Waals surface area contributed by atoms with Crippen molar-refractivity contribution in [2.24, 2.45) is 0 Å². The first-order chi connectivity index (χ1) is 10.3. The van der Waals surface area contributed by atoms with Gasteiger partial charge in [0.2, 0.25) is 5.89 Å². The number of nitrogens with zero attached hydrogens (tertiary/aromatic N) is 3. The number of benzene rings is 1. The van der Waals surface area contributed by atoms with Gasteiger partial charge in [-0.15, -0.1) is 0 Å². The fraction of sp³-hybridized carbons (Fsp3) is 0.529. The molecule has 21 heavy (non-hydrogen) atoms. The second-order valence-electron chi connectivity index (χ2n) is 6.51. The SMILES string of the molecule is CN1CC[C@H](c2nc(C3(c4ccccc4)CCC3)no2)C1. The van der Waals surface area contributed by atoms with Crippen LogP contribution in [0.3, 0.4) is 0 Å². The summed E-state index contributed by atoms with van der Waals surface area (Å²) in [7, 11) is 2.15. The van der Waals surface area contributed by atoms with Gasteiger partial charge in [0, 0.05) is 6.54 Å². The first kappa shape index (κ1) is 13.0. The zero-order valence-corrected chi connectivity index (χ0v) is 12.5. The molecule has 2 heterocycles. The summed E-state index contributed by atoms with van der Waals surface area (Å²) in [5.41, 5.74) is 1.32. The van der Waals surface area contributed by atoms with Crippen LogP contribution in [-0.2, 0) is 5.41 Å². The summed E-state index contributed by atoms with van der Waals surface area (Å²) in [6.07, 6.45) is 4.61. The normalized spacial score (nSPS) is 24.9. The Hall–Kier alpha value is -1.68. The van der Waals surface area contributed by atoms with Crippen molar-refractivity contribution in [1.82, 2.24) is 15.0 Å². The largest absolute Gasteiger partial charge is 0.339 e. The van der Waals surface area contributed by atoms with Crippen LogP contribution >= 0.6 is 0 Å². The number of likely N-dealkylation sites (N-methyl/N-ethyl adjacent to an activating group) is 1. The monoisotopic (exact) mass is 283 g/mol. The molecular formula is C17H21N3O. The van der Waals surface area contributed by atoms with Crippen LogP contribution in [0.1, 0.15) is 48.9 Å². The van der Waals surface area contributed by atoms with Crippen LogP contribution in [0.15, 0.2) is 34.9 Å². The Bertz CT molecular complexity index is 618. The van der Waals surface area contributed by atoms with Crippen LogP contribution in [0.2, 0.25) is 0 Å². The molecule has 2 fully saturated rings. The van der Waals surface area contributed by atoms with Crippen molar-refractivity contribution in [3.05, 3.63) is 47.6 Å². The van der Waals surface area contributed by atoms with E-state index < -0.39 is 0 Å². The Morgan fingerprint density at radius 1 is 1.24 bits per heavy atom. The molecule has 1 saturated heterocycles. The van der Waals surface area contributed by atoms with E-state index >= 15 is 0 Å². The van der Waals surface area contributed by atoms with Crippen molar-refractivity contribution in [2.75, 3.05) is 20.1 Å². The summed E-state index contributed by atoms with van der Waals surface area (Å²) in [4.78, 5) is 7.12. The van der Waals surface area contributed by atoms with Gasteiger partial charge >= 0.3 is 0 Å². The standard InChI is InChI=1S/C17H21N3O/c1-20-11-8-13(12-20)15-18-16(19-21-15)17(9-5-10-17)14-6-3-2-4-7-14/h2-4,6-7,13H,5,8-12H2,1H3/t13-/m0/s1. The average molecular weight is 283 g/mol. The summed E-state index contributed by atoms with van der Waals surface area (Å²) < 4.78 is 5.61. The van der Waals surface area contributed by atoms with E-state index in [-0.39, 0.29) is 5.41 Å². The van der Waals surface area contributed by atoms with E-state index in [9.17, 15) is 0 Å². The quantitative estimate of drug-likeness (QED) is 0.868. The Kier molecular flexibility index (Phi) is 3.07. The van der Waals surface area contributed by atoms with Crippen molar-refractivity contribution in [3.8, 4) is 0 Å². The molecular weight excluding hydrogens is 262 g/mol. The topological polar surface area (TPSA) is 42.2 Å². The van der Waals surface area contributed by atoms with Crippen molar-refractivity contribution >= 4 is 0 Å². The molecule has 2 aliphatic rings. The zero-order valence-electron chi connectivity index (χ0n) is 12.5. The molecule has 0 unspecified atom stereocenters. The van der Waals surface area contributed by atoms with Crippen LogP contribution < -0.4 is 0 Å². The average Bonchev–Trinajstić information content (AvgIpc) is 3.08. The molecule has 4 rings (SSSR count). The highest BCUT2D eigenvalue weighted by Gasteiger charge is 2.44. The molecule has 4 nitrogen and oxygen atoms in total. The van der Waals surface area contributed by atoms with Crippen LogP contribution in [0.4, 0.5) is 0 Å². The van der Waals surface area contributed by atoms with Gasteiger partial charge in [0.25, 0.3) is 0 Å². The molecule has 1 aliphatic heterocycles. The van der Waals surface area contributed by atoms with Gasteiger partial charge in [-0.2, -0.15) is 4.98 Å². The fourth-order valence-electron chi connectivity index (χ4n) is 3.66. The van der Waals surface area contributed by atoms with Gasteiger partial charge in [-0.25, -0.2) is 0 Å². The molecule has 110 valence electrons. The summed E-state index contributed by atoms with van der Waals surface area (Å²) >= 11 is 0. The van der Waals surface area contributed by atoms with Gasteiger partial charge in [-0.05, 0) is 38.4 Å². The summed E-state index contributed by atoms with van der Waals surface area (Å²) in [5.74, 6) is 2.13. The zero-order chi connectivity index (χ0) is 14.3. The number of hydrogen-bond acceptors (Lipinski definition) is 4. The van der Waals surface area contributed by atoms with Gasteiger partial charge in [0.1, 0.15) is 0 Å². The summed E-state index contributed by atoms with van der Waals surface area (Å²) in [5, 5.41) is 4.35. The first-order valence-corrected chi connectivity index (χ1v) is 7.86. The summed E-state index contributed by atoms with van der Waals surface area (Å²) in [6, 6.07) is 10.6. The molecule has 0 radical (unpaired) electrons. The molecule has 1 aromatic heterocycles. The van der Waals surface area contributed by atoms with E-state index in [1.807, 2.05) is 0 Å². The predicted molar refractivity (Wildman–Crippen MR) is 80.2 cm³/mol. The number of likely N-dealkylation sites (tertiary alicyclic amines) is 1. The lowest BCUT2D eigenvalue weighted by Crippen LogP contribution is -2.36. The Balaban J connectivity index is 1.65. The second kappa shape index (κ2) is 4.95. The van der Waals surface area contributed by atoms with Gasteiger partial charge in [-0.3, -0.25) is 0 Å². The minimum absolute atomic E-state index is 0.00643. The lowest BCUT2D eigenvalue weighted by Gasteiger charge is -2.39. The van der Waals surface area contributed by atoms with Gasteiger partial charge in [-0.1, -0.05) is 41.9 Å². The van der Waals surface area contributed by atoms with Crippen molar-refractivity contribution in [3.63, 3.8) is 0 Å². The van der Waals surface area contributed by atoms with E-state index in [0.717, 1.165) is 44.1 Å². The Morgan fingerprint density at radius 2 is 2.05 bits per heavy atom. The molecule has 1 aliphatic carbocycles. The first-order valence-electron chi connectivity index (χ1n) is 7.86. The Labute approximate surface area is 125 Å². The van der Waals surface area contributed by atoms with E-state index in [0.29, 0.717) is 5.92 Å². The molecule has 0 spiro atoms. The third-order valence-electron chi connectivity index (χ3n) is 5.14. The molecule has 1 saturated carbocycles. The van der Waals surface area contributed by atoms with Crippen molar-refractivity contribution in [1.29, 1.82) is 0 Å². The number of rotatable bonds is 3.